The lowest BCUT2D eigenvalue weighted by Gasteiger charge is -2.23. The third-order valence-corrected chi connectivity index (χ3v) is 4.34. The highest BCUT2D eigenvalue weighted by Crippen LogP contribution is 2.33. The minimum Gasteiger partial charge on any atom is -0.338 e. The molecule has 0 bridgehead atoms. The summed E-state index contributed by atoms with van der Waals surface area (Å²) in [4.78, 5) is 10.8. The number of nitrogens with zero attached hydrogens (tertiary/aromatic N) is 4. The molecule has 3 heterocycles. The fourth-order valence-corrected chi connectivity index (χ4v) is 3.18. The van der Waals surface area contributed by atoms with Crippen LogP contribution in [0.3, 0.4) is 0 Å². The molecule has 1 fully saturated rings. The number of hydrogen-bond donors (Lipinski definition) is 0. The van der Waals surface area contributed by atoms with E-state index in [1.807, 2.05) is 24.3 Å². The number of benzene rings is 1. The van der Waals surface area contributed by atoms with E-state index in [9.17, 15) is 4.39 Å². The number of rotatable bonds is 4. The van der Waals surface area contributed by atoms with Crippen LogP contribution < -0.4 is 0 Å². The quantitative estimate of drug-likeness (QED) is 0.734. The van der Waals surface area contributed by atoms with E-state index >= 15 is 0 Å². The van der Waals surface area contributed by atoms with Crippen molar-refractivity contribution in [2.24, 2.45) is 0 Å². The molecule has 1 unspecified atom stereocenters. The molecule has 0 spiro atoms. The lowest BCUT2D eigenvalue weighted by molar-refractivity contribution is 0.212. The molecule has 24 heavy (non-hydrogen) atoms. The maximum atomic E-state index is 13.1. The summed E-state index contributed by atoms with van der Waals surface area (Å²) in [6.07, 6.45) is 5.58. The molecular formula is C18H17FN4O. The van der Waals surface area contributed by atoms with Crippen LogP contribution in [-0.2, 0) is 6.54 Å². The van der Waals surface area contributed by atoms with Gasteiger partial charge >= 0.3 is 0 Å². The summed E-state index contributed by atoms with van der Waals surface area (Å²) in [5.41, 5.74) is 1.96. The summed E-state index contributed by atoms with van der Waals surface area (Å²) < 4.78 is 18.5. The van der Waals surface area contributed by atoms with Crippen LogP contribution in [0, 0.1) is 5.82 Å². The first-order valence-electron chi connectivity index (χ1n) is 8.02. The second-order valence-corrected chi connectivity index (χ2v) is 5.93. The highest BCUT2D eigenvalue weighted by molar-refractivity contribution is 5.51. The van der Waals surface area contributed by atoms with E-state index in [0.29, 0.717) is 18.3 Å². The molecule has 0 aliphatic carbocycles. The van der Waals surface area contributed by atoms with Gasteiger partial charge in [0.05, 0.1) is 6.54 Å². The van der Waals surface area contributed by atoms with Crippen molar-refractivity contribution in [3.05, 3.63) is 66.1 Å². The van der Waals surface area contributed by atoms with Crippen LogP contribution in [0.5, 0.6) is 0 Å². The van der Waals surface area contributed by atoms with E-state index < -0.39 is 0 Å². The highest BCUT2D eigenvalue weighted by atomic mass is 19.1. The molecule has 2 aromatic heterocycles. The highest BCUT2D eigenvalue weighted by Gasteiger charge is 2.27. The van der Waals surface area contributed by atoms with E-state index in [1.165, 1.54) is 12.1 Å². The first-order chi connectivity index (χ1) is 11.8. The van der Waals surface area contributed by atoms with Crippen LogP contribution in [0.2, 0.25) is 0 Å². The number of halogens is 1. The largest absolute Gasteiger partial charge is 0.338 e. The van der Waals surface area contributed by atoms with Crippen LogP contribution >= 0.6 is 0 Å². The Morgan fingerprint density at radius 2 is 2.08 bits per heavy atom. The zero-order valence-electron chi connectivity index (χ0n) is 13.1. The first kappa shape index (κ1) is 15.0. The fourth-order valence-electron chi connectivity index (χ4n) is 3.18. The van der Waals surface area contributed by atoms with Gasteiger partial charge < -0.3 is 4.52 Å². The van der Waals surface area contributed by atoms with Gasteiger partial charge in [0.2, 0.25) is 11.7 Å². The summed E-state index contributed by atoms with van der Waals surface area (Å²) in [6, 6.07) is 10.7. The predicted molar refractivity (Wildman–Crippen MR) is 86.3 cm³/mol. The van der Waals surface area contributed by atoms with Crippen LogP contribution in [0.1, 0.15) is 30.3 Å². The summed E-state index contributed by atoms with van der Waals surface area (Å²) in [6.45, 7) is 1.56. The number of pyridine rings is 1. The lowest BCUT2D eigenvalue weighted by atomic mass is 10.0. The van der Waals surface area contributed by atoms with Gasteiger partial charge in [-0.3, -0.25) is 9.88 Å². The minimum atomic E-state index is -0.207. The molecule has 1 atom stereocenters. The third-order valence-electron chi connectivity index (χ3n) is 4.34. The summed E-state index contributed by atoms with van der Waals surface area (Å²) in [7, 11) is 0. The van der Waals surface area contributed by atoms with Crippen molar-refractivity contribution in [3.8, 4) is 11.4 Å². The summed E-state index contributed by atoms with van der Waals surface area (Å²) in [5, 5.41) is 4.04. The Labute approximate surface area is 139 Å². The summed E-state index contributed by atoms with van der Waals surface area (Å²) in [5.74, 6) is 0.930. The molecule has 0 radical (unpaired) electrons. The van der Waals surface area contributed by atoms with E-state index in [2.05, 4.69) is 20.0 Å². The predicted octanol–water partition coefficient (Wildman–Crippen LogP) is 3.61. The Kier molecular flexibility index (Phi) is 4.04. The molecule has 1 saturated heterocycles. The molecule has 0 N–H and O–H groups in total. The Hall–Kier alpha value is -2.60. The normalized spacial score (nSPS) is 18.1. The second kappa shape index (κ2) is 6.49. The van der Waals surface area contributed by atoms with Gasteiger partial charge in [0.1, 0.15) is 5.82 Å². The molecule has 1 aliphatic heterocycles. The van der Waals surface area contributed by atoms with Gasteiger partial charge in [0, 0.05) is 24.0 Å². The minimum absolute atomic E-state index is 0.207. The van der Waals surface area contributed by atoms with Crippen molar-refractivity contribution in [3.63, 3.8) is 0 Å². The zero-order valence-corrected chi connectivity index (χ0v) is 13.1. The van der Waals surface area contributed by atoms with Crippen LogP contribution in [0.25, 0.3) is 11.4 Å². The maximum Gasteiger partial charge on any atom is 0.241 e. The molecule has 5 nitrogen and oxygen atoms in total. The number of likely N-dealkylation sites (tertiary alicyclic amines) is 1. The average molecular weight is 324 g/mol. The van der Waals surface area contributed by atoms with Gasteiger partial charge in [-0.1, -0.05) is 17.3 Å². The molecular weight excluding hydrogens is 307 g/mol. The molecule has 3 aromatic rings. The summed E-state index contributed by atoms with van der Waals surface area (Å²) >= 11 is 0. The Balaban J connectivity index is 1.50. The lowest BCUT2D eigenvalue weighted by Crippen LogP contribution is -2.22. The molecule has 6 heteroatoms. The van der Waals surface area contributed by atoms with E-state index in [1.54, 1.807) is 12.4 Å². The van der Waals surface area contributed by atoms with Gasteiger partial charge in [-0.25, -0.2) is 4.39 Å². The Morgan fingerprint density at radius 3 is 2.88 bits per heavy atom. The third kappa shape index (κ3) is 3.05. The molecule has 1 aromatic carbocycles. The monoisotopic (exact) mass is 324 g/mol. The van der Waals surface area contributed by atoms with Gasteiger partial charge in [0.15, 0.2) is 0 Å². The van der Waals surface area contributed by atoms with E-state index in [4.69, 9.17) is 4.52 Å². The van der Waals surface area contributed by atoms with Crippen molar-refractivity contribution in [1.29, 1.82) is 0 Å². The Bertz CT molecular complexity index is 803. The van der Waals surface area contributed by atoms with E-state index in [-0.39, 0.29) is 11.9 Å². The van der Waals surface area contributed by atoms with Crippen molar-refractivity contribution in [2.45, 2.75) is 25.4 Å². The smallest absolute Gasteiger partial charge is 0.241 e. The standard InChI is InChI=1S/C18H17FN4O/c19-15-7-5-13(6-8-15)16-4-2-10-23(16)12-17-21-18(22-24-17)14-3-1-9-20-11-14/h1,3,5-9,11,16H,2,4,10,12H2. The van der Waals surface area contributed by atoms with Crippen molar-refractivity contribution in [2.75, 3.05) is 6.54 Å². The zero-order chi connectivity index (χ0) is 16.4. The van der Waals surface area contributed by atoms with Gasteiger partial charge in [-0.2, -0.15) is 4.98 Å². The van der Waals surface area contributed by atoms with E-state index in [0.717, 1.165) is 30.5 Å². The van der Waals surface area contributed by atoms with Crippen molar-refractivity contribution >= 4 is 0 Å². The SMILES string of the molecule is Fc1ccc(C2CCCN2Cc2nc(-c3cccnc3)no2)cc1. The Morgan fingerprint density at radius 1 is 1.21 bits per heavy atom. The number of aromatic nitrogens is 3. The molecule has 122 valence electrons. The fraction of sp³-hybridized carbons (Fsp3) is 0.278. The average Bonchev–Trinajstić information content (AvgIpc) is 3.27. The van der Waals surface area contributed by atoms with Crippen LogP contribution in [0.15, 0.2) is 53.3 Å². The van der Waals surface area contributed by atoms with Crippen molar-refractivity contribution in [1.82, 2.24) is 20.0 Å². The topological polar surface area (TPSA) is 55.1 Å². The number of hydrogen-bond acceptors (Lipinski definition) is 5. The molecule has 1 aliphatic rings. The molecule has 0 amide bonds. The van der Waals surface area contributed by atoms with Crippen LogP contribution in [0.4, 0.5) is 4.39 Å². The van der Waals surface area contributed by atoms with Gasteiger partial charge in [-0.05, 0) is 49.2 Å². The second-order valence-electron chi connectivity index (χ2n) is 5.93. The van der Waals surface area contributed by atoms with Gasteiger partial charge in [-0.15, -0.1) is 0 Å². The maximum absolute atomic E-state index is 13.1. The molecule has 4 rings (SSSR count). The van der Waals surface area contributed by atoms with Gasteiger partial charge in [0.25, 0.3) is 0 Å². The molecule has 0 saturated carbocycles. The van der Waals surface area contributed by atoms with Crippen molar-refractivity contribution < 1.29 is 8.91 Å². The van der Waals surface area contributed by atoms with Crippen LogP contribution in [-0.4, -0.2) is 26.6 Å². The first-order valence-corrected chi connectivity index (χ1v) is 8.02.